The molecule has 0 radical (unpaired) electrons. The van der Waals surface area contributed by atoms with E-state index >= 15 is 0 Å². The van der Waals surface area contributed by atoms with Crippen molar-refractivity contribution in [3.8, 4) is 0 Å². The summed E-state index contributed by atoms with van der Waals surface area (Å²) in [5.41, 5.74) is 2.01. The molecular formula is C19H26O. The van der Waals surface area contributed by atoms with Crippen molar-refractivity contribution in [1.29, 1.82) is 0 Å². The van der Waals surface area contributed by atoms with Crippen molar-refractivity contribution in [3.63, 3.8) is 0 Å². The lowest BCUT2D eigenvalue weighted by molar-refractivity contribution is -0.131. The number of Topliss-reactive ketones (excluding diaryl/α,β-unsaturated/α-hetero) is 1. The first-order valence-electron chi connectivity index (χ1n) is 8.46. The highest BCUT2D eigenvalue weighted by molar-refractivity contribution is 5.87. The first kappa shape index (κ1) is 12.9. The topological polar surface area (TPSA) is 17.1 Å². The summed E-state index contributed by atoms with van der Waals surface area (Å²) in [6.45, 7) is 4.77. The minimum atomic E-state index is 0.0212. The number of hydrogen-bond donors (Lipinski definition) is 0. The normalized spacial score (nSPS) is 50.2. The molecule has 0 bridgehead atoms. The van der Waals surface area contributed by atoms with E-state index in [0.717, 1.165) is 31.1 Å². The molecule has 0 amide bonds. The molecule has 4 aliphatic carbocycles. The van der Waals surface area contributed by atoms with E-state index in [1.807, 2.05) is 0 Å². The summed E-state index contributed by atoms with van der Waals surface area (Å²) in [6, 6.07) is 0. The first-order chi connectivity index (χ1) is 9.56. The minimum Gasteiger partial charge on any atom is -0.299 e. The quantitative estimate of drug-likeness (QED) is 0.624. The van der Waals surface area contributed by atoms with Crippen molar-refractivity contribution in [2.75, 3.05) is 0 Å². The number of allylic oxidation sites excluding steroid dienone is 4. The van der Waals surface area contributed by atoms with E-state index in [4.69, 9.17) is 0 Å². The van der Waals surface area contributed by atoms with E-state index < -0.39 is 0 Å². The molecule has 20 heavy (non-hydrogen) atoms. The Labute approximate surface area is 122 Å². The number of rotatable bonds is 0. The number of ketones is 1. The van der Waals surface area contributed by atoms with Crippen LogP contribution in [0.15, 0.2) is 23.8 Å². The Balaban J connectivity index is 1.74. The van der Waals surface area contributed by atoms with Gasteiger partial charge in [0.25, 0.3) is 0 Å². The van der Waals surface area contributed by atoms with Crippen molar-refractivity contribution in [1.82, 2.24) is 0 Å². The van der Waals surface area contributed by atoms with Gasteiger partial charge < -0.3 is 0 Å². The lowest BCUT2D eigenvalue weighted by Gasteiger charge is -2.55. The van der Waals surface area contributed by atoms with Crippen LogP contribution in [0.3, 0.4) is 0 Å². The summed E-state index contributed by atoms with van der Waals surface area (Å²) in [4.78, 5) is 12.3. The molecule has 2 fully saturated rings. The number of hydrogen-bond acceptors (Lipinski definition) is 1. The van der Waals surface area contributed by atoms with Crippen LogP contribution in [0.25, 0.3) is 0 Å². The smallest absolute Gasteiger partial charge is 0.139 e. The molecule has 0 spiro atoms. The monoisotopic (exact) mass is 270 g/mol. The second kappa shape index (κ2) is 4.08. The summed E-state index contributed by atoms with van der Waals surface area (Å²) < 4.78 is 0. The summed E-state index contributed by atoms with van der Waals surface area (Å²) in [7, 11) is 0. The molecule has 0 aromatic carbocycles. The molecule has 0 aromatic heterocycles. The van der Waals surface area contributed by atoms with Gasteiger partial charge in [-0.1, -0.05) is 32.1 Å². The third kappa shape index (κ3) is 1.47. The van der Waals surface area contributed by atoms with Gasteiger partial charge in [-0.3, -0.25) is 4.79 Å². The first-order valence-corrected chi connectivity index (χ1v) is 8.46. The highest BCUT2D eigenvalue weighted by Crippen LogP contribution is 2.63. The van der Waals surface area contributed by atoms with Gasteiger partial charge in [-0.05, 0) is 67.3 Å². The highest BCUT2D eigenvalue weighted by atomic mass is 16.1. The maximum atomic E-state index is 12.3. The fraction of sp³-hybridized carbons (Fsp3) is 0.737. The zero-order chi connectivity index (χ0) is 14.0. The van der Waals surface area contributed by atoms with E-state index in [2.05, 4.69) is 32.1 Å². The van der Waals surface area contributed by atoms with Crippen LogP contribution in [0.1, 0.15) is 58.8 Å². The zero-order valence-corrected chi connectivity index (χ0v) is 12.8. The third-order valence-corrected chi connectivity index (χ3v) is 7.36. The number of carbonyl (C=O) groups excluding carboxylic acids is 1. The van der Waals surface area contributed by atoms with Crippen molar-refractivity contribution in [2.24, 2.45) is 28.6 Å². The average molecular weight is 270 g/mol. The Hall–Kier alpha value is -0.850. The highest BCUT2D eigenvalue weighted by Gasteiger charge is 2.57. The SMILES string of the molecule is C[C@]12CC[C@@H]3[C@H](CC=C4C=CCC[C@]43C)[C@H]1CCC2=O. The van der Waals surface area contributed by atoms with Crippen LogP contribution in [0.4, 0.5) is 0 Å². The van der Waals surface area contributed by atoms with Crippen LogP contribution in [-0.2, 0) is 4.79 Å². The van der Waals surface area contributed by atoms with Crippen LogP contribution in [0.2, 0.25) is 0 Å². The van der Waals surface area contributed by atoms with Gasteiger partial charge in [0, 0.05) is 11.8 Å². The molecule has 0 unspecified atom stereocenters. The maximum absolute atomic E-state index is 12.3. The van der Waals surface area contributed by atoms with Crippen LogP contribution in [0, 0.1) is 28.6 Å². The van der Waals surface area contributed by atoms with Crippen LogP contribution in [0.5, 0.6) is 0 Å². The molecule has 0 heterocycles. The molecule has 0 aliphatic heterocycles. The van der Waals surface area contributed by atoms with Crippen LogP contribution in [-0.4, -0.2) is 5.78 Å². The van der Waals surface area contributed by atoms with Crippen LogP contribution < -0.4 is 0 Å². The van der Waals surface area contributed by atoms with Gasteiger partial charge in [0.15, 0.2) is 0 Å². The van der Waals surface area contributed by atoms with E-state index in [-0.39, 0.29) is 5.41 Å². The number of carbonyl (C=O) groups is 1. The fourth-order valence-electron chi connectivity index (χ4n) is 6.07. The molecule has 4 rings (SSSR count). The summed E-state index contributed by atoms with van der Waals surface area (Å²) in [5.74, 6) is 2.80. The Morgan fingerprint density at radius 2 is 1.90 bits per heavy atom. The predicted octanol–water partition coefficient (Wildman–Crippen LogP) is 4.68. The fourth-order valence-corrected chi connectivity index (χ4v) is 6.07. The largest absolute Gasteiger partial charge is 0.299 e. The Morgan fingerprint density at radius 1 is 1.10 bits per heavy atom. The van der Waals surface area contributed by atoms with Gasteiger partial charge >= 0.3 is 0 Å². The Kier molecular flexibility index (Phi) is 2.63. The molecule has 0 N–H and O–H groups in total. The third-order valence-electron chi connectivity index (χ3n) is 7.36. The second-order valence-electron chi connectivity index (χ2n) is 8.05. The Morgan fingerprint density at radius 3 is 2.75 bits per heavy atom. The minimum absolute atomic E-state index is 0.0212. The molecular weight excluding hydrogens is 244 g/mol. The van der Waals surface area contributed by atoms with Gasteiger partial charge in [-0.2, -0.15) is 0 Å². The van der Waals surface area contributed by atoms with Crippen molar-refractivity contribution < 1.29 is 4.79 Å². The lowest BCUT2D eigenvalue weighted by atomic mass is 9.49. The Bertz CT molecular complexity index is 514. The van der Waals surface area contributed by atoms with E-state index in [1.165, 1.54) is 25.7 Å². The summed E-state index contributed by atoms with van der Waals surface area (Å²) in [5, 5.41) is 0. The lowest BCUT2D eigenvalue weighted by Crippen LogP contribution is -2.49. The molecule has 4 aliphatic rings. The molecule has 2 saturated carbocycles. The van der Waals surface area contributed by atoms with Crippen molar-refractivity contribution in [3.05, 3.63) is 23.8 Å². The van der Waals surface area contributed by atoms with E-state index in [1.54, 1.807) is 5.57 Å². The summed E-state index contributed by atoms with van der Waals surface area (Å²) >= 11 is 0. The second-order valence-corrected chi connectivity index (χ2v) is 8.05. The molecule has 108 valence electrons. The van der Waals surface area contributed by atoms with E-state index in [0.29, 0.717) is 17.1 Å². The molecule has 5 atom stereocenters. The van der Waals surface area contributed by atoms with E-state index in [9.17, 15) is 4.79 Å². The molecule has 0 saturated heterocycles. The van der Waals surface area contributed by atoms with Crippen molar-refractivity contribution >= 4 is 5.78 Å². The average Bonchev–Trinajstić information content (AvgIpc) is 2.74. The number of fused-ring (bicyclic) bond motifs is 5. The van der Waals surface area contributed by atoms with Gasteiger partial charge in [0.2, 0.25) is 0 Å². The zero-order valence-electron chi connectivity index (χ0n) is 12.8. The van der Waals surface area contributed by atoms with Gasteiger partial charge in [-0.25, -0.2) is 0 Å². The van der Waals surface area contributed by atoms with Gasteiger partial charge in [0.05, 0.1) is 0 Å². The van der Waals surface area contributed by atoms with Crippen molar-refractivity contribution in [2.45, 2.75) is 58.8 Å². The maximum Gasteiger partial charge on any atom is 0.139 e. The molecule has 0 aromatic rings. The van der Waals surface area contributed by atoms with Gasteiger partial charge in [0.1, 0.15) is 5.78 Å². The standard InChI is InChI=1S/C19H26O/c1-18-11-4-3-5-13(18)6-7-14-15-8-9-17(20)19(15,2)12-10-16(14)18/h3,5-6,14-16H,4,7-12H2,1-2H3/t14-,15-,16-,18-,19+/m1/s1. The van der Waals surface area contributed by atoms with Crippen LogP contribution >= 0.6 is 0 Å². The van der Waals surface area contributed by atoms with Gasteiger partial charge in [-0.15, -0.1) is 0 Å². The molecule has 1 nitrogen and oxygen atoms in total. The predicted molar refractivity (Wildman–Crippen MR) is 81.2 cm³/mol. The summed E-state index contributed by atoms with van der Waals surface area (Å²) in [6.07, 6.45) is 15.4. The molecule has 1 heteroatoms.